The normalized spacial score (nSPS) is 19.1. The number of aromatic nitrogens is 2. The molecule has 1 aliphatic heterocycles. The van der Waals surface area contributed by atoms with Crippen molar-refractivity contribution in [2.75, 3.05) is 6.54 Å². The maximum absolute atomic E-state index is 12.2. The minimum Gasteiger partial charge on any atom is -0.449 e. The van der Waals surface area contributed by atoms with Crippen LogP contribution >= 0.6 is 15.9 Å². The van der Waals surface area contributed by atoms with Gasteiger partial charge >= 0.3 is 0 Å². The van der Waals surface area contributed by atoms with Crippen molar-refractivity contribution in [3.8, 4) is 0 Å². The Morgan fingerprint density at radius 2 is 2.30 bits per heavy atom. The highest BCUT2D eigenvalue weighted by Crippen LogP contribution is 2.29. The van der Waals surface area contributed by atoms with Crippen LogP contribution in [0.3, 0.4) is 0 Å². The van der Waals surface area contributed by atoms with Crippen LogP contribution < -0.4 is 10.9 Å². The molecule has 0 radical (unpaired) electrons. The molecule has 0 saturated carbocycles. The lowest BCUT2D eigenvalue weighted by Crippen LogP contribution is -2.20. The van der Waals surface area contributed by atoms with Gasteiger partial charge in [-0.25, -0.2) is 4.98 Å². The van der Waals surface area contributed by atoms with Crippen molar-refractivity contribution in [2.24, 2.45) is 0 Å². The molecule has 3 aromatic rings. The molecule has 5 nitrogen and oxygen atoms in total. The second-order valence-electron chi connectivity index (χ2n) is 5.02. The van der Waals surface area contributed by atoms with Crippen molar-refractivity contribution in [2.45, 2.75) is 18.9 Å². The minimum absolute atomic E-state index is 0.129. The summed E-state index contributed by atoms with van der Waals surface area (Å²) in [5.41, 5.74) is 1.39. The van der Waals surface area contributed by atoms with Crippen LogP contribution in [-0.4, -0.2) is 16.5 Å². The molecule has 1 aliphatic rings. The third kappa shape index (κ3) is 1.79. The second-order valence-corrected chi connectivity index (χ2v) is 5.94. The Balaban J connectivity index is 2.03. The Labute approximate surface area is 122 Å². The quantitative estimate of drug-likeness (QED) is 0.718. The summed E-state index contributed by atoms with van der Waals surface area (Å²) in [4.78, 5) is 19.6. The van der Waals surface area contributed by atoms with E-state index >= 15 is 0 Å². The van der Waals surface area contributed by atoms with Crippen LogP contribution in [-0.2, 0) is 0 Å². The Morgan fingerprint density at radius 1 is 1.40 bits per heavy atom. The van der Waals surface area contributed by atoms with Gasteiger partial charge in [0.05, 0.1) is 6.04 Å². The number of halogens is 1. The van der Waals surface area contributed by atoms with E-state index in [4.69, 9.17) is 4.42 Å². The van der Waals surface area contributed by atoms with Gasteiger partial charge in [0.15, 0.2) is 0 Å². The molecule has 6 heteroatoms. The molecule has 0 unspecified atom stereocenters. The highest BCUT2D eigenvalue weighted by Gasteiger charge is 2.21. The molecular weight excluding hydrogens is 322 g/mol. The summed E-state index contributed by atoms with van der Waals surface area (Å²) in [6, 6.07) is 5.79. The number of H-pyrrole nitrogens is 1. The van der Waals surface area contributed by atoms with Crippen LogP contribution in [0.5, 0.6) is 0 Å². The third-order valence-electron chi connectivity index (χ3n) is 3.69. The lowest BCUT2D eigenvalue weighted by atomic mass is 10.2. The number of benzene rings is 1. The molecule has 1 fully saturated rings. The summed E-state index contributed by atoms with van der Waals surface area (Å²) in [6.07, 6.45) is 2.10. The molecule has 4 rings (SSSR count). The number of nitrogens with zero attached hydrogens (tertiary/aromatic N) is 1. The average molecular weight is 334 g/mol. The molecule has 2 N–H and O–H groups in total. The molecule has 3 heterocycles. The predicted octanol–water partition coefficient (Wildman–Crippen LogP) is 2.86. The van der Waals surface area contributed by atoms with E-state index in [0.717, 1.165) is 29.2 Å². The van der Waals surface area contributed by atoms with Gasteiger partial charge in [-0.1, -0.05) is 15.9 Å². The van der Waals surface area contributed by atoms with E-state index < -0.39 is 0 Å². The van der Waals surface area contributed by atoms with Gasteiger partial charge in [0.1, 0.15) is 16.9 Å². The van der Waals surface area contributed by atoms with Gasteiger partial charge in [0, 0.05) is 9.86 Å². The summed E-state index contributed by atoms with van der Waals surface area (Å²) in [5.74, 6) is 0.697. The van der Waals surface area contributed by atoms with E-state index in [0.29, 0.717) is 22.5 Å². The zero-order valence-electron chi connectivity index (χ0n) is 10.6. The lowest BCUT2D eigenvalue weighted by molar-refractivity contribution is 0.600. The van der Waals surface area contributed by atoms with Gasteiger partial charge in [-0.15, -0.1) is 0 Å². The maximum atomic E-state index is 12.2. The van der Waals surface area contributed by atoms with Gasteiger partial charge in [-0.05, 0) is 37.6 Å². The highest BCUT2D eigenvalue weighted by atomic mass is 79.9. The summed E-state index contributed by atoms with van der Waals surface area (Å²) in [5, 5.41) is 4.20. The number of furan rings is 1. The molecule has 0 aliphatic carbocycles. The Bertz CT molecular complexity index is 862. The first-order valence-corrected chi connectivity index (χ1v) is 7.37. The van der Waals surface area contributed by atoms with E-state index in [1.165, 1.54) is 0 Å². The average Bonchev–Trinajstić information content (AvgIpc) is 3.06. The third-order valence-corrected chi connectivity index (χ3v) is 4.19. The molecule has 102 valence electrons. The van der Waals surface area contributed by atoms with Crippen LogP contribution in [0, 0.1) is 0 Å². The first kappa shape index (κ1) is 12.1. The Kier molecular flexibility index (Phi) is 2.68. The van der Waals surface area contributed by atoms with Gasteiger partial charge < -0.3 is 14.7 Å². The SMILES string of the molecule is O=c1[nH]c([C@H]2CCCN2)nc2c1oc1ccc(Br)cc12. The monoisotopic (exact) mass is 333 g/mol. The molecule has 0 spiro atoms. The zero-order valence-corrected chi connectivity index (χ0v) is 12.2. The van der Waals surface area contributed by atoms with Crippen molar-refractivity contribution < 1.29 is 4.42 Å². The van der Waals surface area contributed by atoms with Crippen molar-refractivity contribution in [3.05, 3.63) is 38.9 Å². The number of nitrogens with one attached hydrogen (secondary N) is 2. The van der Waals surface area contributed by atoms with Crippen LogP contribution in [0.25, 0.3) is 22.1 Å². The van der Waals surface area contributed by atoms with E-state index in [1.54, 1.807) is 0 Å². The fourth-order valence-corrected chi connectivity index (χ4v) is 3.09. The molecule has 2 aromatic heterocycles. The van der Waals surface area contributed by atoms with Gasteiger partial charge in [-0.2, -0.15) is 0 Å². The fourth-order valence-electron chi connectivity index (χ4n) is 2.73. The summed E-state index contributed by atoms with van der Waals surface area (Å²) in [6.45, 7) is 0.962. The molecule has 1 atom stereocenters. The summed E-state index contributed by atoms with van der Waals surface area (Å²) >= 11 is 3.44. The van der Waals surface area contributed by atoms with Crippen LogP contribution in [0.2, 0.25) is 0 Å². The largest absolute Gasteiger partial charge is 0.449 e. The number of fused-ring (bicyclic) bond motifs is 3. The zero-order chi connectivity index (χ0) is 13.7. The smallest absolute Gasteiger partial charge is 0.294 e. The molecular formula is C14H12BrN3O2. The lowest BCUT2D eigenvalue weighted by Gasteiger charge is -2.08. The van der Waals surface area contributed by atoms with Crippen molar-refractivity contribution in [3.63, 3.8) is 0 Å². The van der Waals surface area contributed by atoms with E-state index in [-0.39, 0.29) is 11.6 Å². The van der Waals surface area contributed by atoms with Crippen LogP contribution in [0.15, 0.2) is 31.9 Å². The van der Waals surface area contributed by atoms with Crippen molar-refractivity contribution >= 4 is 38.0 Å². The van der Waals surface area contributed by atoms with Gasteiger partial charge in [0.25, 0.3) is 5.56 Å². The number of hydrogen-bond acceptors (Lipinski definition) is 4. The fraction of sp³-hybridized carbons (Fsp3) is 0.286. The minimum atomic E-state index is -0.217. The standard InChI is InChI=1S/C14H12BrN3O2/c15-7-3-4-10-8(6-7)11-12(20-10)14(19)18-13(17-11)9-2-1-5-16-9/h3-4,6,9,16H,1-2,5H2,(H,17,18,19)/t9-/m1/s1. The van der Waals surface area contributed by atoms with E-state index in [9.17, 15) is 4.79 Å². The number of aromatic amines is 1. The van der Waals surface area contributed by atoms with Gasteiger partial charge in [0.2, 0.25) is 5.58 Å². The Hall–Kier alpha value is -1.66. The van der Waals surface area contributed by atoms with Crippen molar-refractivity contribution in [1.29, 1.82) is 0 Å². The number of rotatable bonds is 1. The summed E-state index contributed by atoms with van der Waals surface area (Å²) in [7, 11) is 0. The Morgan fingerprint density at radius 3 is 3.10 bits per heavy atom. The van der Waals surface area contributed by atoms with Gasteiger partial charge in [-0.3, -0.25) is 4.79 Å². The molecule has 0 bridgehead atoms. The van der Waals surface area contributed by atoms with Crippen LogP contribution in [0.4, 0.5) is 0 Å². The molecule has 1 saturated heterocycles. The summed E-state index contributed by atoms with van der Waals surface area (Å²) < 4.78 is 6.55. The topological polar surface area (TPSA) is 70.9 Å². The van der Waals surface area contributed by atoms with Crippen LogP contribution in [0.1, 0.15) is 24.7 Å². The second kappa shape index (κ2) is 4.43. The maximum Gasteiger partial charge on any atom is 0.294 e. The highest BCUT2D eigenvalue weighted by molar-refractivity contribution is 9.10. The number of hydrogen-bond donors (Lipinski definition) is 2. The molecule has 0 amide bonds. The first-order valence-electron chi connectivity index (χ1n) is 6.58. The van der Waals surface area contributed by atoms with E-state index in [2.05, 4.69) is 31.2 Å². The molecule has 1 aromatic carbocycles. The molecule has 20 heavy (non-hydrogen) atoms. The van der Waals surface area contributed by atoms with E-state index in [1.807, 2.05) is 18.2 Å². The van der Waals surface area contributed by atoms with Crippen molar-refractivity contribution in [1.82, 2.24) is 15.3 Å². The predicted molar refractivity (Wildman–Crippen MR) is 79.8 cm³/mol. The first-order chi connectivity index (χ1) is 9.72.